The van der Waals surface area contributed by atoms with Crippen molar-refractivity contribution in [2.75, 3.05) is 11.9 Å². The Morgan fingerprint density at radius 2 is 2.22 bits per heavy atom. The predicted molar refractivity (Wildman–Crippen MR) is 67.2 cm³/mol. The molecule has 0 saturated heterocycles. The van der Waals surface area contributed by atoms with Gasteiger partial charge in [-0.25, -0.2) is 4.79 Å². The van der Waals surface area contributed by atoms with Gasteiger partial charge in [-0.15, -0.1) is 11.3 Å². The molecule has 0 saturated carbocycles. The van der Waals surface area contributed by atoms with Gasteiger partial charge in [-0.2, -0.15) is 0 Å². The van der Waals surface area contributed by atoms with Crippen molar-refractivity contribution in [1.82, 2.24) is 0 Å². The van der Waals surface area contributed by atoms with Crippen molar-refractivity contribution < 1.29 is 19.1 Å². The Balaban J connectivity index is 2.52. The summed E-state index contributed by atoms with van der Waals surface area (Å²) in [6, 6.07) is 1.51. The highest BCUT2D eigenvalue weighted by Crippen LogP contribution is 2.22. The maximum absolute atomic E-state index is 11.4. The van der Waals surface area contributed by atoms with Crippen LogP contribution < -0.4 is 11.1 Å². The molecule has 6 nitrogen and oxygen atoms in total. The van der Waals surface area contributed by atoms with E-state index < -0.39 is 24.4 Å². The van der Waals surface area contributed by atoms with Gasteiger partial charge in [-0.3, -0.25) is 9.59 Å². The molecule has 0 unspecified atom stereocenters. The lowest BCUT2D eigenvalue weighted by atomic mass is 10.3. The van der Waals surface area contributed by atoms with Crippen molar-refractivity contribution >= 4 is 34.1 Å². The molecule has 1 heterocycles. The van der Waals surface area contributed by atoms with Crippen molar-refractivity contribution in [3.63, 3.8) is 0 Å². The molecular formula is C11H12N2O4S. The number of esters is 1. The highest BCUT2D eigenvalue weighted by molar-refractivity contribution is 7.14. The Morgan fingerprint density at radius 3 is 2.83 bits per heavy atom. The zero-order valence-electron chi connectivity index (χ0n) is 9.64. The number of anilines is 1. The van der Waals surface area contributed by atoms with Crippen LogP contribution in [0, 0.1) is 0 Å². The molecule has 0 bridgehead atoms. The number of allylic oxidation sites excluding steroid dienone is 1. The average Bonchev–Trinajstić information content (AvgIpc) is 2.75. The molecular weight excluding hydrogens is 256 g/mol. The first-order valence-corrected chi connectivity index (χ1v) is 5.89. The van der Waals surface area contributed by atoms with Gasteiger partial charge in [0.25, 0.3) is 11.8 Å². The number of thiophene rings is 1. The molecule has 7 heteroatoms. The van der Waals surface area contributed by atoms with Crippen LogP contribution in [-0.2, 0) is 14.3 Å². The number of nitrogens with two attached hydrogens (primary N) is 1. The van der Waals surface area contributed by atoms with Crippen LogP contribution in [0.2, 0.25) is 0 Å². The van der Waals surface area contributed by atoms with Crippen LogP contribution in [0.3, 0.4) is 0 Å². The van der Waals surface area contributed by atoms with Gasteiger partial charge < -0.3 is 15.8 Å². The molecule has 0 aliphatic carbocycles. The number of carbonyl (C=O) groups excluding carboxylic acids is 3. The highest BCUT2D eigenvalue weighted by atomic mass is 32.1. The standard InChI is InChI=1S/C11H12N2O4S/c1-2-3-9(15)17-6-8(14)13-11-7(10(12)16)4-5-18-11/h2-5H,6H2,1H3,(H2,12,16)(H,13,14)/b3-2+. The third-order valence-electron chi connectivity index (χ3n) is 1.83. The Hall–Kier alpha value is -2.15. The summed E-state index contributed by atoms with van der Waals surface area (Å²) in [6.07, 6.45) is 2.71. The summed E-state index contributed by atoms with van der Waals surface area (Å²) in [5, 5.41) is 4.42. The smallest absolute Gasteiger partial charge is 0.330 e. The molecule has 0 atom stereocenters. The molecule has 0 fully saturated rings. The van der Waals surface area contributed by atoms with Gasteiger partial charge in [-0.1, -0.05) is 6.08 Å². The number of primary amides is 1. The van der Waals surface area contributed by atoms with Crippen LogP contribution >= 0.6 is 11.3 Å². The molecule has 18 heavy (non-hydrogen) atoms. The molecule has 0 aliphatic rings. The zero-order valence-corrected chi connectivity index (χ0v) is 10.5. The van der Waals surface area contributed by atoms with Gasteiger partial charge in [0.05, 0.1) is 5.56 Å². The fourth-order valence-electron chi connectivity index (χ4n) is 1.08. The van der Waals surface area contributed by atoms with Gasteiger partial charge in [0, 0.05) is 6.08 Å². The Kier molecular flexibility index (Phi) is 5.06. The summed E-state index contributed by atoms with van der Waals surface area (Å²) in [6.45, 7) is 1.24. The molecule has 1 rings (SSSR count). The summed E-state index contributed by atoms with van der Waals surface area (Å²) < 4.78 is 4.64. The first-order chi connectivity index (χ1) is 8.54. The van der Waals surface area contributed by atoms with Crippen molar-refractivity contribution in [3.8, 4) is 0 Å². The number of hydrogen-bond donors (Lipinski definition) is 2. The Labute approximate surface area is 107 Å². The molecule has 0 aliphatic heterocycles. The van der Waals surface area contributed by atoms with Crippen molar-refractivity contribution in [1.29, 1.82) is 0 Å². The van der Waals surface area contributed by atoms with Gasteiger partial charge in [-0.05, 0) is 18.4 Å². The monoisotopic (exact) mass is 268 g/mol. The summed E-state index contributed by atoms with van der Waals surface area (Å²) in [5.74, 6) is -1.76. The first-order valence-electron chi connectivity index (χ1n) is 5.01. The lowest BCUT2D eigenvalue weighted by molar-refractivity contribution is -0.142. The van der Waals surface area contributed by atoms with Crippen molar-refractivity contribution in [2.45, 2.75) is 6.92 Å². The van der Waals surface area contributed by atoms with Crippen LogP contribution in [0.25, 0.3) is 0 Å². The molecule has 0 radical (unpaired) electrons. The van der Waals surface area contributed by atoms with Crippen LogP contribution in [0.5, 0.6) is 0 Å². The number of nitrogens with one attached hydrogen (secondary N) is 1. The third-order valence-corrected chi connectivity index (χ3v) is 2.66. The second-order valence-corrected chi connectivity index (χ2v) is 4.10. The van der Waals surface area contributed by atoms with Crippen LogP contribution in [0.4, 0.5) is 5.00 Å². The van der Waals surface area contributed by atoms with Crippen LogP contribution in [0.1, 0.15) is 17.3 Å². The Morgan fingerprint density at radius 1 is 1.50 bits per heavy atom. The van der Waals surface area contributed by atoms with Crippen LogP contribution in [-0.4, -0.2) is 24.4 Å². The summed E-state index contributed by atoms with van der Waals surface area (Å²) in [4.78, 5) is 33.4. The first kappa shape index (κ1) is 13.9. The minimum Gasteiger partial charge on any atom is -0.452 e. The van der Waals surface area contributed by atoms with E-state index in [9.17, 15) is 14.4 Å². The maximum Gasteiger partial charge on any atom is 0.330 e. The van der Waals surface area contributed by atoms with Gasteiger partial charge in [0.15, 0.2) is 6.61 Å². The number of ether oxygens (including phenoxy) is 1. The third kappa shape index (κ3) is 4.02. The SMILES string of the molecule is C/C=C/C(=O)OCC(=O)Nc1sccc1C(N)=O. The molecule has 96 valence electrons. The number of rotatable bonds is 5. The van der Waals surface area contributed by atoms with Crippen molar-refractivity contribution in [2.24, 2.45) is 5.73 Å². The molecule has 2 amide bonds. The number of hydrogen-bond acceptors (Lipinski definition) is 5. The maximum atomic E-state index is 11.4. The molecule has 0 aromatic carbocycles. The van der Waals surface area contributed by atoms with E-state index in [1.807, 2.05) is 0 Å². The summed E-state index contributed by atoms with van der Waals surface area (Å²) in [5.41, 5.74) is 5.35. The topological polar surface area (TPSA) is 98.5 Å². The molecule has 0 spiro atoms. The van der Waals surface area contributed by atoms with Gasteiger partial charge >= 0.3 is 5.97 Å². The van der Waals surface area contributed by atoms with Gasteiger partial charge in [0.2, 0.25) is 0 Å². The van der Waals surface area contributed by atoms with E-state index >= 15 is 0 Å². The largest absolute Gasteiger partial charge is 0.452 e. The minimum absolute atomic E-state index is 0.230. The lowest BCUT2D eigenvalue weighted by Crippen LogP contribution is -2.21. The summed E-state index contributed by atoms with van der Waals surface area (Å²) >= 11 is 1.16. The fourth-order valence-corrected chi connectivity index (χ4v) is 1.89. The minimum atomic E-state index is -0.627. The molecule has 3 N–H and O–H groups in total. The average molecular weight is 268 g/mol. The van der Waals surface area contributed by atoms with E-state index in [0.29, 0.717) is 5.00 Å². The Bertz CT molecular complexity index is 493. The summed E-state index contributed by atoms with van der Waals surface area (Å²) in [7, 11) is 0. The van der Waals surface area contributed by atoms with Gasteiger partial charge in [0.1, 0.15) is 5.00 Å². The molecule has 1 aromatic heterocycles. The quantitative estimate of drug-likeness (QED) is 0.612. The molecule has 1 aromatic rings. The van der Waals surface area contributed by atoms with E-state index in [4.69, 9.17) is 5.73 Å². The second-order valence-electron chi connectivity index (χ2n) is 3.18. The lowest BCUT2D eigenvalue weighted by Gasteiger charge is -2.04. The van der Waals surface area contributed by atoms with E-state index in [1.165, 1.54) is 18.2 Å². The van der Waals surface area contributed by atoms with E-state index in [1.54, 1.807) is 12.3 Å². The van der Waals surface area contributed by atoms with E-state index in [2.05, 4.69) is 10.1 Å². The number of amides is 2. The van der Waals surface area contributed by atoms with Crippen LogP contribution in [0.15, 0.2) is 23.6 Å². The zero-order chi connectivity index (χ0) is 13.5. The normalized spacial score (nSPS) is 10.3. The number of carbonyl (C=O) groups is 3. The highest BCUT2D eigenvalue weighted by Gasteiger charge is 2.13. The second kappa shape index (κ2) is 6.55. The fraction of sp³-hybridized carbons (Fsp3) is 0.182. The van der Waals surface area contributed by atoms with E-state index in [-0.39, 0.29) is 5.56 Å². The predicted octanol–water partition coefficient (Wildman–Crippen LogP) is 0.905. The van der Waals surface area contributed by atoms with E-state index in [0.717, 1.165) is 11.3 Å². The van der Waals surface area contributed by atoms with Crippen molar-refractivity contribution in [3.05, 3.63) is 29.2 Å².